The standard InChI is InChI=1S/C24H21N3O2/c1-2-26-18-27(23-11-7-6-10-22(23)26)16-24(28)25-20-12-14-21(15-13-20)29-17-19-8-4-3-5-9-19/h2-15,18H,1,16-17H2/p+1. The van der Waals surface area contributed by atoms with Crippen molar-refractivity contribution >= 4 is 28.8 Å². The molecule has 3 aromatic carbocycles. The molecule has 0 aliphatic heterocycles. The molecule has 1 aromatic heterocycles. The van der Waals surface area contributed by atoms with Crippen LogP contribution in [-0.2, 0) is 17.9 Å². The third-order valence-electron chi connectivity index (χ3n) is 4.63. The molecule has 29 heavy (non-hydrogen) atoms. The number of ether oxygens (including phenoxy) is 1. The molecule has 1 amide bonds. The number of fused-ring (bicyclic) bond motifs is 1. The van der Waals surface area contributed by atoms with Crippen LogP contribution in [0.1, 0.15) is 5.56 Å². The Labute approximate surface area is 169 Å². The number of carbonyl (C=O) groups excluding carboxylic acids is 1. The summed E-state index contributed by atoms with van der Waals surface area (Å²) < 4.78 is 9.59. The van der Waals surface area contributed by atoms with Crippen molar-refractivity contribution < 1.29 is 14.1 Å². The Morgan fingerprint density at radius 2 is 1.72 bits per heavy atom. The van der Waals surface area contributed by atoms with Gasteiger partial charge in [-0.25, -0.2) is 9.13 Å². The molecule has 0 spiro atoms. The Morgan fingerprint density at radius 3 is 2.48 bits per heavy atom. The second-order valence-electron chi connectivity index (χ2n) is 6.67. The smallest absolute Gasteiger partial charge is 0.266 e. The molecule has 4 rings (SSSR count). The van der Waals surface area contributed by atoms with E-state index in [1.807, 2.05) is 94.3 Å². The van der Waals surface area contributed by atoms with Gasteiger partial charge in [-0.1, -0.05) is 49.0 Å². The van der Waals surface area contributed by atoms with E-state index in [0.717, 1.165) is 28.0 Å². The van der Waals surface area contributed by atoms with Crippen molar-refractivity contribution in [3.8, 4) is 5.75 Å². The average molecular weight is 384 g/mol. The number of rotatable bonds is 7. The molecule has 144 valence electrons. The molecule has 1 N–H and O–H groups in total. The van der Waals surface area contributed by atoms with Crippen molar-refractivity contribution in [1.29, 1.82) is 0 Å². The Morgan fingerprint density at radius 1 is 1.00 bits per heavy atom. The van der Waals surface area contributed by atoms with Crippen LogP contribution < -0.4 is 14.6 Å². The minimum atomic E-state index is -0.0973. The summed E-state index contributed by atoms with van der Waals surface area (Å²) in [4.78, 5) is 12.5. The summed E-state index contributed by atoms with van der Waals surface area (Å²) in [5.74, 6) is 0.662. The van der Waals surface area contributed by atoms with Crippen molar-refractivity contribution in [2.45, 2.75) is 13.2 Å². The average Bonchev–Trinajstić information content (AvgIpc) is 3.11. The van der Waals surface area contributed by atoms with E-state index >= 15 is 0 Å². The number of imidazole rings is 1. The van der Waals surface area contributed by atoms with E-state index in [2.05, 4.69) is 11.9 Å². The Kier molecular flexibility index (Phi) is 5.38. The van der Waals surface area contributed by atoms with E-state index in [-0.39, 0.29) is 12.5 Å². The van der Waals surface area contributed by atoms with E-state index in [1.54, 1.807) is 6.20 Å². The van der Waals surface area contributed by atoms with Gasteiger partial charge in [-0.05, 0) is 42.0 Å². The van der Waals surface area contributed by atoms with Gasteiger partial charge in [0, 0.05) is 5.69 Å². The van der Waals surface area contributed by atoms with Gasteiger partial charge in [-0.15, -0.1) is 0 Å². The molecule has 5 nitrogen and oxygen atoms in total. The topological polar surface area (TPSA) is 47.1 Å². The molecule has 0 aliphatic carbocycles. The van der Waals surface area contributed by atoms with Crippen LogP contribution in [0.25, 0.3) is 17.2 Å². The minimum Gasteiger partial charge on any atom is -0.489 e. The number of aromatic nitrogens is 2. The van der Waals surface area contributed by atoms with Crippen LogP contribution in [-0.4, -0.2) is 10.5 Å². The summed E-state index contributed by atoms with van der Waals surface area (Å²) >= 11 is 0. The molecule has 0 radical (unpaired) electrons. The summed E-state index contributed by atoms with van der Waals surface area (Å²) in [5, 5.41) is 2.93. The third-order valence-corrected chi connectivity index (χ3v) is 4.63. The Hall–Kier alpha value is -3.86. The SMILES string of the molecule is C=Cn1c[n+](CC(=O)Nc2ccc(OCc3ccccc3)cc2)c2ccccc21. The summed E-state index contributed by atoms with van der Waals surface area (Å²) in [6, 6.07) is 25.3. The maximum absolute atomic E-state index is 12.5. The molecule has 0 fully saturated rings. The molecule has 4 aromatic rings. The lowest BCUT2D eigenvalue weighted by atomic mass is 10.2. The molecule has 0 bridgehead atoms. The number of anilines is 1. The molecule has 0 aliphatic rings. The highest BCUT2D eigenvalue weighted by atomic mass is 16.5. The lowest BCUT2D eigenvalue weighted by Gasteiger charge is -2.08. The molecule has 0 atom stereocenters. The van der Waals surface area contributed by atoms with E-state index in [1.165, 1.54) is 0 Å². The zero-order chi connectivity index (χ0) is 20.1. The van der Waals surface area contributed by atoms with Crippen LogP contribution in [0.2, 0.25) is 0 Å². The van der Waals surface area contributed by atoms with Crippen molar-refractivity contribution in [2.24, 2.45) is 0 Å². The van der Waals surface area contributed by atoms with Gasteiger partial charge in [0.1, 0.15) is 12.4 Å². The van der Waals surface area contributed by atoms with Crippen molar-refractivity contribution in [1.82, 2.24) is 4.57 Å². The monoisotopic (exact) mass is 384 g/mol. The largest absolute Gasteiger partial charge is 0.489 e. The molecule has 0 unspecified atom stereocenters. The van der Waals surface area contributed by atoms with E-state index in [0.29, 0.717) is 6.61 Å². The van der Waals surface area contributed by atoms with Crippen LogP contribution in [0.3, 0.4) is 0 Å². The van der Waals surface area contributed by atoms with Crippen LogP contribution >= 0.6 is 0 Å². The molecule has 1 heterocycles. The van der Waals surface area contributed by atoms with Gasteiger partial charge < -0.3 is 10.1 Å². The number of benzene rings is 3. The first-order valence-corrected chi connectivity index (χ1v) is 9.41. The summed E-state index contributed by atoms with van der Waals surface area (Å²) in [6.07, 6.45) is 3.60. The molecule has 5 heteroatoms. The number of nitrogens with zero attached hydrogens (tertiary/aromatic N) is 2. The van der Waals surface area contributed by atoms with Gasteiger partial charge in [-0.2, -0.15) is 0 Å². The van der Waals surface area contributed by atoms with Gasteiger partial charge in [0.15, 0.2) is 17.6 Å². The quantitative estimate of drug-likeness (QED) is 0.484. The minimum absolute atomic E-state index is 0.0973. The zero-order valence-corrected chi connectivity index (χ0v) is 16.0. The molecule has 0 saturated carbocycles. The highest BCUT2D eigenvalue weighted by molar-refractivity contribution is 5.90. The van der Waals surface area contributed by atoms with Crippen molar-refractivity contribution in [3.05, 3.63) is 97.3 Å². The number of hydrogen-bond donors (Lipinski definition) is 1. The summed E-state index contributed by atoms with van der Waals surface area (Å²) in [6.45, 7) is 4.55. The number of amides is 1. The van der Waals surface area contributed by atoms with Gasteiger partial charge in [-0.3, -0.25) is 4.79 Å². The fourth-order valence-corrected chi connectivity index (χ4v) is 3.20. The van der Waals surface area contributed by atoms with Crippen molar-refractivity contribution in [2.75, 3.05) is 5.32 Å². The predicted octanol–water partition coefficient (Wildman–Crippen LogP) is 4.25. The third kappa shape index (κ3) is 4.35. The number of carbonyl (C=O) groups is 1. The molecular formula is C24H22N3O2+. The van der Waals surface area contributed by atoms with Gasteiger partial charge in [0.05, 0.1) is 6.20 Å². The predicted molar refractivity (Wildman–Crippen MR) is 114 cm³/mol. The highest BCUT2D eigenvalue weighted by Crippen LogP contribution is 2.17. The normalized spacial score (nSPS) is 10.6. The zero-order valence-electron chi connectivity index (χ0n) is 16.0. The lowest BCUT2D eigenvalue weighted by Crippen LogP contribution is -2.39. The van der Waals surface area contributed by atoms with Gasteiger partial charge in [0.2, 0.25) is 6.33 Å². The first-order chi connectivity index (χ1) is 14.2. The fourth-order valence-electron chi connectivity index (χ4n) is 3.20. The fraction of sp³-hybridized carbons (Fsp3) is 0.0833. The van der Waals surface area contributed by atoms with Gasteiger partial charge >= 0.3 is 0 Å². The van der Waals surface area contributed by atoms with E-state index < -0.39 is 0 Å². The summed E-state index contributed by atoms with van der Waals surface area (Å²) in [7, 11) is 0. The van der Waals surface area contributed by atoms with Crippen LogP contribution in [0.4, 0.5) is 5.69 Å². The van der Waals surface area contributed by atoms with Crippen LogP contribution in [0.5, 0.6) is 5.75 Å². The Balaban J connectivity index is 1.38. The van der Waals surface area contributed by atoms with Crippen molar-refractivity contribution in [3.63, 3.8) is 0 Å². The number of hydrogen-bond acceptors (Lipinski definition) is 2. The second-order valence-corrected chi connectivity index (χ2v) is 6.67. The van der Waals surface area contributed by atoms with E-state index in [9.17, 15) is 4.79 Å². The van der Waals surface area contributed by atoms with Crippen LogP contribution in [0.15, 0.2) is 91.8 Å². The molecule has 0 saturated heterocycles. The first-order valence-electron chi connectivity index (χ1n) is 9.41. The maximum atomic E-state index is 12.5. The summed E-state index contributed by atoms with van der Waals surface area (Å²) in [5.41, 5.74) is 3.83. The van der Waals surface area contributed by atoms with Gasteiger partial charge in [0.25, 0.3) is 5.91 Å². The second kappa shape index (κ2) is 8.44. The van der Waals surface area contributed by atoms with E-state index in [4.69, 9.17) is 4.74 Å². The maximum Gasteiger partial charge on any atom is 0.266 e. The first kappa shape index (κ1) is 18.5. The Bertz CT molecular complexity index is 1130. The van der Waals surface area contributed by atoms with Crippen LogP contribution in [0, 0.1) is 0 Å². The number of para-hydroxylation sites is 2. The lowest BCUT2D eigenvalue weighted by molar-refractivity contribution is -0.658. The molecular weight excluding hydrogens is 362 g/mol. The number of nitrogens with one attached hydrogen (secondary N) is 1. The highest BCUT2D eigenvalue weighted by Gasteiger charge is 2.16.